The van der Waals surface area contributed by atoms with Gasteiger partial charge in [0, 0.05) is 30.4 Å². The Bertz CT molecular complexity index is 771. The zero-order valence-electron chi connectivity index (χ0n) is 14.9. The smallest absolute Gasteiger partial charge is 0.245 e. The van der Waals surface area contributed by atoms with E-state index in [0.717, 1.165) is 16.9 Å². The van der Waals surface area contributed by atoms with Gasteiger partial charge in [-0.25, -0.2) is 4.99 Å². The maximum atomic E-state index is 12.1. The summed E-state index contributed by atoms with van der Waals surface area (Å²) < 4.78 is 0. The van der Waals surface area contributed by atoms with Crippen LogP contribution in [0, 0.1) is 0 Å². The molecule has 6 N–H and O–H groups in total. The lowest BCUT2D eigenvalue weighted by atomic mass is 9.99. The van der Waals surface area contributed by atoms with Gasteiger partial charge in [-0.05, 0) is 31.2 Å². The summed E-state index contributed by atoms with van der Waals surface area (Å²) in [6.45, 7) is 2.42. The minimum atomic E-state index is -0.538. The Morgan fingerprint density at radius 2 is 1.69 bits per heavy atom. The van der Waals surface area contributed by atoms with Gasteiger partial charge in [-0.15, -0.1) is 0 Å². The minimum absolute atomic E-state index is 0.109. The molecule has 1 fully saturated rings. The summed E-state index contributed by atoms with van der Waals surface area (Å²) in [5.41, 5.74) is 19.2. The first-order chi connectivity index (χ1) is 12.6. The third-order valence-electron chi connectivity index (χ3n) is 3.87. The number of nitrogens with zero attached hydrogens (tertiary/aromatic N) is 2. The molecular weight excluding hydrogens is 326 g/mol. The number of nitrogen functional groups attached to an aromatic ring is 1. The lowest BCUT2D eigenvalue weighted by Gasteiger charge is -2.32. The molecule has 2 aromatic carbocycles. The molecule has 136 valence electrons. The van der Waals surface area contributed by atoms with E-state index in [0.29, 0.717) is 18.8 Å². The number of anilines is 1. The van der Waals surface area contributed by atoms with Crippen molar-refractivity contribution in [2.75, 3.05) is 12.3 Å². The van der Waals surface area contributed by atoms with Crippen molar-refractivity contribution in [3.63, 3.8) is 0 Å². The summed E-state index contributed by atoms with van der Waals surface area (Å²) in [6.07, 6.45) is 1.91. The molecule has 26 heavy (non-hydrogen) atoms. The summed E-state index contributed by atoms with van der Waals surface area (Å²) >= 11 is 0. The molecule has 0 radical (unpaired) electrons. The summed E-state index contributed by atoms with van der Waals surface area (Å²) in [7, 11) is 0. The Hall–Kier alpha value is -3.12. The SMILES string of the molecule is CCN1C(=O)C(N)C/C(=C/N)C1=Nc1ccccc1.Nc1ccccc1. The number of benzene rings is 2. The van der Waals surface area contributed by atoms with Crippen LogP contribution in [0.4, 0.5) is 11.4 Å². The van der Waals surface area contributed by atoms with E-state index in [1.54, 1.807) is 4.90 Å². The third kappa shape index (κ3) is 4.94. The van der Waals surface area contributed by atoms with Crippen molar-refractivity contribution in [2.45, 2.75) is 19.4 Å². The Labute approximate surface area is 154 Å². The molecule has 6 heteroatoms. The number of amides is 1. The van der Waals surface area contributed by atoms with Crippen LogP contribution < -0.4 is 17.2 Å². The fourth-order valence-electron chi connectivity index (χ4n) is 2.55. The van der Waals surface area contributed by atoms with Gasteiger partial charge >= 0.3 is 0 Å². The zero-order valence-corrected chi connectivity index (χ0v) is 14.9. The first-order valence-corrected chi connectivity index (χ1v) is 8.49. The van der Waals surface area contributed by atoms with E-state index in [9.17, 15) is 4.79 Å². The van der Waals surface area contributed by atoms with Crippen molar-refractivity contribution in [1.82, 2.24) is 4.90 Å². The Kier molecular flexibility index (Phi) is 6.93. The monoisotopic (exact) mass is 351 g/mol. The van der Waals surface area contributed by atoms with Crippen LogP contribution in [0.1, 0.15) is 13.3 Å². The number of para-hydroxylation sites is 2. The molecule has 1 atom stereocenters. The lowest BCUT2D eigenvalue weighted by Crippen LogP contribution is -2.52. The van der Waals surface area contributed by atoms with Gasteiger partial charge in [0.05, 0.1) is 11.7 Å². The zero-order chi connectivity index (χ0) is 18.9. The maximum absolute atomic E-state index is 12.1. The first kappa shape index (κ1) is 19.2. The second-order valence-corrected chi connectivity index (χ2v) is 5.77. The number of piperidine rings is 1. The van der Waals surface area contributed by atoms with Crippen LogP contribution in [0.3, 0.4) is 0 Å². The largest absolute Gasteiger partial charge is 0.404 e. The molecule has 0 aliphatic carbocycles. The molecule has 1 saturated heterocycles. The average Bonchev–Trinajstić information content (AvgIpc) is 2.67. The molecule has 1 heterocycles. The molecule has 1 unspecified atom stereocenters. The first-order valence-electron chi connectivity index (χ1n) is 8.49. The standard InChI is InChI=1S/C14H18N4O.C6H7N/c1-2-18-13(17-11-6-4-3-5-7-11)10(9-15)8-12(16)14(18)19;7-6-4-2-1-3-5-6/h3-7,9,12H,2,8,15-16H2,1H3;1-5H,7H2/b10-9-,17-13?;. The number of carbonyl (C=O) groups excluding carboxylic acids is 1. The third-order valence-corrected chi connectivity index (χ3v) is 3.87. The molecule has 0 saturated carbocycles. The number of aliphatic imine (C=N–C) groups is 1. The molecule has 6 nitrogen and oxygen atoms in total. The second kappa shape index (κ2) is 9.39. The van der Waals surface area contributed by atoms with E-state index in [4.69, 9.17) is 17.2 Å². The van der Waals surface area contributed by atoms with E-state index in [1.165, 1.54) is 6.20 Å². The van der Waals surface area contributed by atoms with Crippen LogP contribution in [0.25, 0.3) is 0 Å². The van der Waals surface area contributed by atoms with Gasteiger partial charge in [0.1, 0.15) is 5.84 Å². The molecule has 1 aliphatic rings. The summed E-state index contributed by atoms with van der Waals surface area (Å²) in [4.78, 5) is 18.2. The van der Waals surface area contributed by atoms with Crippen molar-refractivity contribution >= 4 is 23.1 Å². The van der Waals surface area contributed by atoms with Gasteiger partial charge < -0.3 is 17.2 Å². The number of likely N-dealkylation sites (tertiary alicyclic amines) is 1. The Balaban J connectivity index is 0.000000290. The van der Waals surface area contributed by atoms with Crippen LogP contribution in [-0.4, -0.2) is 29.2 Å². The van der Waals surface area contributed by atoms with Crippen molar-refractivity contribution in [2.24, 2.45) is 16.5 Å². The number of likely N-dealkylation sites (N-methyl/N-ethyl adjacent to an activating group) is 1. The topological polar surface area (TPSA) is 111 Å². The molecule has 2 aromatic rings. The summed E-state index contributed by atoms with van der Waals surface area (Å²) in [6, 6.07) is 18.4. The van der Waals surface area contributed by atoms with Gasteiger partial charge in [0.25, 0.3) is 0 Å². The highest BCUT2D eigenvalue weighted by Gasteiger charge is 2.32. The van der Waals surface area contributed by atoms with E-state index < -0.39 is 6.04 Å². The quantitative estimate of drug-likeness (QED) is 0.721. The van der Waals surface area contributed by atoms with Crippen LogP contribution in [-0.2, 0) is 4.79 Å². The number of hydrogen-bond donors (Lipinski definition) is 3. The molecular formula is C20H25N5O. The van der Waals surface area contributed by atoms with Crippen LogP contribution in [0.15, 0.2) is 77.4 Å². The normalized spacial score (nSPS) is 20.0. The minimum Gasteiger partial charge on any atom is -0.404 e. The number of nitrogens with two attached hydrogens (primary N) is 3. The Morgan fingerprint density at radius 1 is 1.12 bits per heavy atom. The van der Waals surface area contributed by atoms with Crippen LogP contribution >= 0.6 is 0 Å². The van der Waals surface area contributed by atoms with Gasteiger partial charge in [0.15, 0.2) is 0 Å². The predicted molar refractivity (Wildman–Crippen MR) is 107 cm³/mol. The molecule has 3 rings (SSSR count). The molecule has 0 bridgehead atoms. The highest BCUT2D eigenvalue weighted by molar-refractivity contribution is 6.12. The van der Waals surface area contributed by atoms with E-state index >= 15 is 0 Å². The molecule has 1 aliphatic heterocycles. The highest BCUT2D eigenvalue weighted by Crippen LogP contribution is 2.22. The molecule has 0 aromatic heterocycles. The van der Waals surface area contributed by atoms with Crippen molar-refractivity contribution in [1.29, 1.82) is 0 Å². The van der Waals surface area contributed by atoms with Crippen molar-refractivity contribution < 1.29 is 4.79 Å². The van der Waals surface area contributed by atoms with E-state index in [1.807, 2.05) is 67.6 Å². The number of amidine groups is 1. The predicted octanol–water partition coefficient (Wildman–Crippen LogP) is 2.41. The fraction of sp³-hybridized carbons (Fsp3) is 0.200. The van der Waals surface area contributed by atoms with Crippen LogP contribution in [0.2, 0.25) is 0 Å². The van der Waals surface area contributed by atoms with Crippen molar-refractivity contribution in [3.05, 3.63) is 72.4 Å². The molecule has 0 spiro atoms. The summed E-state index contributed by atoms with van der Waals surface area (Å²) in [5, 5.41) is 0. The average molecular weight is 351 g/mol. The van der Waals surface area contributed by atoms with Gasteiger partial charge in [-0.1, -0.05) is 36.4 Å². The summed E-state index contributed by atoms with van der Waals surface area (Å²) in [5.74, 6) is 0.491. The number of hydrogen-bond acceptors (Lipinski definition) is 5. The number of carbonyl (C=O) groups is 1. The highest BCUT2D eigenvalue weighted by atomic mass is 16.2. The van der Waals surface area contributed by atoms with E-state index in [-0.39, 0.29) is 5.91 Å². The number of rotatable bonds is 2. The maximum Gasteiger partial charge on any atom is 0.245 e. The Morgan fingerprint density at radius 3 is 2.15 bits per heavy atom. The fourth-order valence-corrected chi connectivity index (χ4v) is 2.55. The van der Waals surface area contributed by atoms with Gasteiger partial charge in [-0.2, -0.15) is 0 Å². The van der Waals surface area contributed by atoms with Gasteiger partial charge in [0.2, 0.25) is 5.91 Å². The van der Waals surface area contributed by atoms with Crippen molar-refractivity contribution in [3.8, 4) is 0 Å². The van der Waals surface area contributed by atoms with E-state index in [2.05, 4.69) is 4.99 Å². The molecule has 1 amide bonds. The second-order valence-electron chi connectivity index (χ2n) is 5.77. The van der Waals surface area contributed by atoms with Crippen LogP contribution in [0.5, 0.6) is 0 Å². The lowest BCUT2D eigenvalue weighted by molar-refractivity contribution is -0.129. The van der Waals surface area contributed by atoms with Gasteiger partial charge in [-0.3, -0.25) is 9.69 Å².